The van der Waals surface area contributed by atoms with Crippen LogP contribution in [0.4, 0.5) is 0 Å². The van der Waals surface area contributed by atoms with Gasteiger partial charge in [0.25, 0.3) is 0 Å². The van der Waals surface area contributed by atoms with E-state index in [9.17, 15) is 0 Å². The lowest BCUT2D eigenvalue weighted by atomic mass is 10.3. The molecule has 116 valence electrons. The zero-order valence-electron chi connectivity index (χ0n) is 13.2. The lowest BCUT2D eigenvalue weighted by Crippen LogP contribution is -2.39. The predicted octanol–water partition coefficient (Wildman–Crippen LogP) is 2.33. The fourth-order valence-corrected chi connectivity index (χ4v) is 1.99. The summed E-state index contributed by atoms with van der Waals surface area (Å²) in [7, 11) is 0. The molecule has 0 bridgehead atoms. The number of rotatable bonds is 7. The molecule has 5 nitrogen and oxygen atoms in total. The third-order valence-corrected chi connectivity index (χ3v) is 3.45. The van der Waals surface area contributed by atoms with Crippen molar-refractivity contribution < 1.29 is 4.74 Å². The van der Waals surface area contributed by atoms with E-state index in [1.807, 2.05) is 18.3 Å². The third kappa shape index (κ3) is 5.25. The Bertz CT molecular complexity index is 458. The molecule has 5 heteroatoms. The Balaban J connectivity index is 1.87. The third-order valence-electron chi connectivity index (χ3n) is 3.45. The van der Waals surface area contributed by atoms with E-state index in [-0.39, 0.29) is 0 Å². The summed E-state index contributed by atoms with van der Waals surface area (Å²) in [4.78, 5) is 8.90. The van der Waals surface area contributed by atoms with Crippen LogP contribution in [0.3, 0.4) is 0 Å². The number of hydrogen-bond donors (Lipinski definition) is 2. The van der Waals surface area contributed by atoms with Gasteiger partial charge in [-0.25, -0.2) is 9.98 Å². The van der Waals surface area contributed by atoms with E-state index in [0.717, 1.165) is 30.4 Å². The molecule has 2 N–H and O–H groups in total. The molecular formula is C16H26N4O. The van der Waals surface area contributed by atoms with E-state index in [1.165, 1.54) is 6.42 Å². The maximum Gasteiger partial charge on any atom is 0.213 e. The summed E-state index contributed by atoms with van der Waals surface area (Å²) in [6.45, 7) is 8.61. The normalized spacial score (nSPS) is 21.0. The van der Waals surface area contributed by atoms with Gasteiger partial charge >= 0.3 is 0 Å². The average Bonchev–Trinajstić information content (AvgIpc) is 3.19. The molecule has 1 aliphatic carbocycles. The van der Waals surface area contributed by atoms with Crippen molar-refractivity contribution in [2.45, 2.75) is 46.2 Å². The second-order valence-electron chi connectivity index (χ2n) is 5.51. The van der Waals surface area contributed by atoms with Crippen molar-refractivity contribution in [3.63, 3.8) is 0 Å². The molecule has 2 atom stereocenters. The molecule has 1 heterocycles. The van der Waals surface area contributed by atoms with Gasteiger partial charge in [-0.2, -0.15) is 0 Å². The largest absolute Gasteiger partial charge is 0.478 e. The first-order valence-corrected chi connectivity index (χ1v) is 7.85. The second-order valence-corrected chi connectivity index (χ2v) is 5.51. The summed E-state index contributed by atoms with van der Waals surface area (Å²) in [6.07, 6.45) is 4.05. The van der Waals surface area contributed by atoms with Gasteiger partial charge in [-0.05, 0) is 31.2 Å². The zero-order valence-corrected chi connectivity index (χ0v) is 13.2. The number of nitrogens with one attached hydrogen (secondary N) is 2. The van der Waals surface area contributed by atoms with Crippen LogP contribution in [0.5, 0.6) is 5.88 Å². The van der Waals surface area contributed by atoms with Crippen LogP contribution in [-0.2, 0) is 6.54 Å². The minimum absolute atomic E-state index is 0.575. The van der Waals surface area contributed by atoms with E-state index in [2.05, 4.69) is 41.4 Å². The average molecular weight is 290 g/mol. The van der Waals surface area contributed by atoms with E-state index in [1.54, 1.807) is 0 Å². The van der Waals surface area contributed by atoms with Crippen LogP contribution in [0.25, 0.3) is 0 Å². The van der Waals surface area contributed by atoms with Crippen LogP contribution in [0.2, 0.25) is 0 Å². The number of ether oxygens (including phenoxy) is 1. The molecule has 0 saturated heterocycles. The number of nitrogens with zero attached hydrogens (tertiary/aromatic N) is 2. The Morgan fingerprint density at radius 3 is 2.81 bits per heavy atom. The Morgan fingerprint density at radius 1 is 1.43 bits per heavy atom. The molecule has 0 aliphatic heterocycles. The van der Waals surface area contributed by atoms with E-state index in [4.69, 9.17) is 4.74 Å². The lowest BCUT2D eigenvalue weighted by molar-refractivity contribution is 0.305. The minimum atomic E-state index is 0.575. The van der Waals surface area contributed by atoms with Crippen molar-refractivity contribution in [3.05, 3.63) is 23.9 Å². The van der Waals surface area contributed by atoms with E-state index in [0.29, 0.717) is 25.1 Å². The van der Waals surface area contributed by atoms with Crippen molar-refractivity contribution in [2.75, 3.05) is 13.2 Å². The highest BCUT2D eigenvalue weighted by Gasteiger charge is 2.33. The first-order chi connectivity index (χ1) is 10.2. The molecular weight excluding hydrogens is 264 g/mol. The molecule has 1 aromatic rings. The zero-order chi connectivity index (χ0) is 15.1. The monoisotopic (exact) mass is 290 g/mol. The van der Waals surface area contributed by atoms with Crippen molar-refractivity contribution >= 4 is 5.96 Å². The summed E-state index contributed by atoms with van der Waals surface area (Å²) in [5.41, 5.74) is 1.08. The summed E-state index contributed by atoms with van der Waals surface area (Å²) < 4.78 is 5.48. The Hall–Kier alpha value is -1.78. The van der Waals surface area contributed by atoms with Gasteiger partial charge in [-0.1, -0.05) is 19.9 Å². The van der Waals surface area contributed by atoms with Gasteiger partial charge in [-0.15, -0.1) is 0 Å². The molecule has 1 aromatic heterocycles. The molecule has 0 amide bonds. The Kier molecular flexibility index (Phi) is 5.84. The minimum Gasteiger partial charge on any atom is -0.478 e. The predicted molar refractivity (Wildman–Crippen MR) is 85.5 cm³/mol. The summed E-state index contributed by atoms with van der Waals surface area (Å²) in [5.74, 6) is 2.32. The van der Waals surface area contributed by atoms with Crippen LogP contribution in [0.1, 0.15) is 39.2 Å². The van der Waals surface area contributed by atoms with E-state index >= 15 is 0 Å². The van der Waals surface area contributed by atoms with Crippen LogP contribution in [0, 0.1) is 5.92 Å². The Labute approximate surface area is 127 Å². The molecule has 0 radical (unpaired) electrons. The summed E-state index contributed by atoms with van der Waals surface area (Å²) in [6, 6.07) is 4.50. The smallest absolute Gasteiger partial charge is 0.213 e. The van der Waals surface area contributed by atoms with Crippen molar-refractivity contribution in [3.8, 4) is 5.88 Å². The maximum atomic E-state index is 5.48. The first-order valence-electron chi connectivity index (χ1n) is 7.85. The lowest BCUT2D eigenvalue weighted by Gasteiger charge is -2.10. The highest BCUT2D eigenvalue weighted by molar-refractivity contribution is 5.80. The molecule has 2 rings (SSSR count). The van der Waals surface area contributed by atoms with Gasteiger partial charge in [0.15, 0.2) is 5.96 Å². The first kappa shape index (κ1) is 15.6. The summed E-state index contributed by atoms with van der Waals surface area (Å²) in [5, 5.41) is 6.72. The quantitative estimate of drug-likeness (QED) is 0.598. The number of hydrogen-bond acceptors (Lipinski definition) is 3. The van der Waals surface area contributed by atoms with Crippen molar-refractivity contribution in [2.24, 2.45) is 10.9 Å². The second kappa shape index (κ2) is 7.86. The summed E-state index contributed by atoms with van der Waals surface area (Å²) >= 11 is 0. The SMILES string of the molecule is CCCOc1ccc(CN=C(NCC)NC2CC2C)cn1. The van der Waals surface area contributed by atoms with Gasteiger partial charge in [0, 0.05) is 24.8 Å². The van der Waals surface area contributed by atoms with Crippen LogP contribution in [-0.4, -0.2) is 30.1 Å². The van der Waals surface area contributed by atoms with Crippen LogP contribution >= 0.6 is 0 Å². The fourth-order valence-electron chi connectivity index (χ4n) is 1.99. The number of aromatic nitrogens is 1. The Morgan fingerprint density at radius 2 is 2.24 bits per heavy atom. The maximum absolute atomic E-state index is 5.48. The van der Waals surface area contributed by atoms with Gasteiger partial charge in [0.1, 0.15) is 0 Å². The van der Waals surface area contributed by atoms with Crippen molar-refractivity contribution in [1.29, 1.82) is 0 Å². The standard InChI is InChI=1S/C16H26N4O/c1-4-8-21-15-7-6-13(10-18-15)11-19-16(17-5-2)20-14-9-12(14)3/h6-7,10,12,14H,4-5,8-9,11H2,1-3H3,(H2,17,19,20). The topological polar surface area (TPSA) is 58.5 Å². The number of pyridine rings is 1. The van der Waals surface area contributed by atoms with Crippen LogP contribution in [0.15, 0.2) is 23.3 Å². The molecule has 0 spiro atoms. The molecule has 1 saturated carbocycles. The molecule has 21 heavy (non-hydrogen) atoms. The molecule has 1 aliphatic rings. The highest BCUT2D eigenvalue weighted by atomic mass is 16.5. The molecule has 1 fully saturated rings. The highest BCUT2D eigenvalue weighted by Crippen LogP contribution is 2.28. The van der Waals surface area contributed by atoms with Gasteiger partial charge in [0.05, 0.1) is 13.2 Å². The van der Waals surface area contributed by atoms with Crippen molar-refractivity contribution in [1.82, 2.24) is 15.6 Å². The number of aliphatic imine (C=N–C) groups is 1. The van der Waals surface area contributed by atoms with E-state index < -0.39 is 0 Å². The van der Waals surface area contributed by atoms with Gasteiger partial charge in [0.2, 0.25) is 5.88 Å². The fraction of sp³-hybridized carbons (Fsp3) is 0.625. The van der Waals surface area contributed by atoms with Gasteiger partial charge in [-0.3, -0.25) is 0 Å². The number of guanidine groups is 1. The van der Waals surface area contributed by atoms with Crippen LogP contribution < -0.4 is 15.4 Å². The molecule has 0 aromatic carbocycles. The molecule has 2 unspecified atom stereocenters. The van der Waals surface area contributed by atoms with Gasteiger partial charge < -0.3 is 15.4 Å².